The minimum atomic E-state index is -4.77. The van der Waals surface area contributed by atoms with Gasteiger partial charge in [0.05, 0.1) is 17.2 Å². The van der Waals surface area contributed by atoms with Gasteiger partial charge in [0.2, 0.25) is 0 Å². The predicted octanol–water partition coefficient (Wildman–Crippen LogP) is 3.20. The number of ether oxygens (including phenoxy) is 1. The van der Waals surface area contributed by atoms with Gasteiger partial charge in [0.1, 0.15) is 0 Å². The number of allylic oxidation sites excluding steroid dienone is 1. The van der Waals surface area contributed by atoms with Gasteiger partial charge >= 0.3 is 12.1 Å². The maximum Gasteiger partial charge on any atom is 0.433 e. The summed E-state index contributed by atoms with van der Waals surface area (Å²) < 4.78 is 45.2. The van der Waals surface area contributed by atoms with Crippen molar-refractivity contribution in [3.63, 3.8) is 0 Å². The van der Waals surface area contributed by atoms with Crippen molar-refractivity contribution in [2.24, 2.45) is 0 Å². The van der Waals surface area contributed by atoms with E-state index in [1.54, 1.807) is 0 Å². The highest BCUT2D eigenvalue weighted by molar-refractivity contribution is 9.10. The fraction of sp³-hybridized carbons (Fsp3) is 0.333. The van der Waals surface area contributed by atoms with Gasteiger partial charge in [0.15, 0.2) is 11.5 Å². The number of rotatable bonds is 3. The Morgan fingerprint density at radius 2 is 2.27 bits per heavy atom. The number of carbonyl (C=O) groups excluding carboxylic acids is 1. The van der Waals surface area contributed by atoms with Gasteiger partial charge in [-0.1, -0.05) is 11.6 Å². The molecule has 1 aliphatic heterocycles. The molecule has 1 aromatic rings. The molecule has 0 saturated carbocycles. The zero-order valence-corrected chi connectivity index (χ0v) is 13.5. The Hall–Kier alpha value is -1.32. The van der Waals surface area contributed by atoms with Crippen LogP contribution in [-0.4, -0.2) is 30.3 Å². The van der Waals surface area contributed by atoms with E-state index < -0.39 is 23.4 Å². The van der Waals surface area contributed by atoms with Crippen LogP contribution in [0, 0.1) is 0 Å². The Bertz CT molecular complexity index is 637. The van der Waals surface area contributed by atoms with Gasteiger partial charge < -0.3 is 4.74 Å². The van der Waals surface area contributed by atoms with Crippen molar-refractivity contribution in [1.82, 2.24) is 10.4 Å². The van der Waals surface area contributed by atoms with Crippen LogP contribution in [0.2, 0.25) is 5.02 Å². The van der Waals surface area contributed by atoms with Crippen molar-refractivity contribution in [2.75, 3.05) is 18.2 Å². The molecule has 1 aliphatic rings. The molecule has 0 spiro atoms. The molecule has 1 N–H and O–H groups in total. The van der Waals surface area contributed by atoms with Crippen LogP contribution in [0.1, 0.15) is 6.92 Å². The number of hydrogen-bond donors (Lipinski definition) is 1. The zero-order chi connectivity index (χ0) is 16.5. The number of hydrazine groups is 1. The molecule has 0 amide bonds. The molecular weight excluding hydrogens is 391 g/mol. The number of nitrogens with zero attached hydrogens (tertiary/aromatic N) is 2. The molecule has 0 saturated heterocycles. The SMILES string of the molecule is CCOC(=O)C1=C(C(F)(F)F)N(c2ncc(Br)cc2Cl)NC1. The Morgan fingerprint density at radius 1 is 1.59 bits per heavy atom. The second-order valence-electron chi connectivity index (χ2n) is 4.17. The van der Waals surface area contributed by atoms with Gasteiger partial charge in [-0.15, -0.1) is 0 Å². The summed E-state index contributed by atoms with van der Waals surface area (Å²) in [5.74, 6) is -1.19. The normalized spacial score (nSPS) is 15.5. The number of pyridine rings is 1. The van der Waals surface area contributed by atoms with Gasteiger partial charge in [-0.05, 0) is 28.9 Å². The van der Waals surface area contributed by atoms with Crippen molar-refractivity contribution >= 4 is 39.3 Å². The molecule has 22 heavy (non-hydrogen) atoms. The molecule has 120 valence electrons. The molecule has 0 radical (unpaired) electrons. The van der Waals surface area contributed by atoms with E-state index in [1.807, 2.05) is 0 Å². The van der Waals surface area contributed by atoms with Gasteiger partial charge in [-0.25, -0.2) is 15.2 Å². The van der Waals surface area contributed by atoms with Crippen LogP contribution in [0.15, 0.2) is 28.0 Å². The maximum absolute atomic E-state index is 13.3. The van der Waals surface area contributed by atoms with E-state index in [0.29, 0.717) is 9.48 Å². The minimum absolute atomic E-state index is 0.00580. The molecule has 0 fully saturated rings. The maximum atomic E-state index is 13.3. The van der Waals surface area contributed by atoms with E-state index in [9.17, 15) is 18.0 Å². The lowest BCUT2D eigenvalue weighted by Crippen LogP contribution is -2.37. The molecule has 2 heterocycles. The summed E-state index contributed by atoms with van der Waals surface area (Å²) in [5.41, 5.74) is 0.759. The van der Waals surface area contributed by atoms with Crippen LogP contribution in [-0.2, 0) is 9.53 Å². The quantitative estimate of drug-likeness (QED) is 0.790. The topological polar surface area (TPSA) is 54.5 Å². The van der Waals surface area contributed by atoms with Gasteiger partial charge in [0.25, 0.3) is 0 Å². The van der Waals surface area contributed by atoms with Crippen molar-refractivity contribution in [3.8, 4) is 0 Å². The number of alkyl halides is 3. The first-order valence-corrected chi connectivity index (χ1v) is 7.25. The van der Waals surface area contributed by atoms with E-state index in [1.165, 1.54) is 19.2 Å². The van der Waals surface area contributed by atoms with Crippen molar-refractivity contribution in [3.05, 3.63) is 33.0 Å². The first kappa shape index (κ1) is 17.0. The Morgan fingerprint density at radius 3 is 2.82 bits per heavy atom. The molecule has 1 aromatic heterocycles. The van der Waals surface area contributed by atoms with E-state index in [2.05, 4.69) is 31.1 Å². The lowest BCUT2D eigenvalue weighted by atomic mass is 10.2. The smallest absolute Gasteiger partial charge is 0.433 e. The summed E-state index contributed by atoms with van der Waals surface area (Å²) in [6.07, 6.45) is -3.47. The van der Waals surface area contributed by atoms with E-state index >= 15 is 0 Å². The van der Waals surface area contributed by atoms with Gasteiger partial charge in [-0.2, -0.15) is 13.2 Å². The van der Waals surface area contributed by atoms with Gasteiger partial charge in [-0.3, -0.25) is 5.01 Å². The molecule has 0 aliphatic carbocycles. The van der Waals surface area contributed by atoms with Crippen LogP contribution in [0.3, 0.4) is 0 Å². The van der Waals surface area contributed by atoms with Gasteiger partial charge in [0, 0.05) is 17.2 Å². The Labute approximate surface area is 137 Å². The second kappa shape index (κ2) is 6.43. The van der Waals surface area contributed by atoms with Crippen LogP contribution in [0.4, 0.5) is 19.0 Å². The average Bonchev–Trinajstić information content (AvgIpc) is 2.83. The van der Waals surface area contributed by atoms with E-state index in [4.69, 9.17) is 11.6 Å². The summed E-state index contributed by atoms with van der Waals surface area (Å²) in [6.45, 7) is 1.16. The standard InChI is InChI=1S/C12H10BrClF3N3O2/c1-2-22-11(21)7-5-19-20(9(7)12(15,16)17)10-8(14)3-6(13)4-18-10/h3-4,19H,2,5H2,1H3. The fourth-order valence-corrected chi connectivity index (χ4v) is 2.61. The molecule has 2 rings (SSSR count). The average molecular weight is 401 g/mol. The monoisotopic (exact) mass is 399 g/mol. The highest BCUT2D eigenvalue weighted by Gasteiger charge is 2.47. The van der Waals surface area contributed by atoms with Crippen molar-refractivity contribution in [1.29, 1.82) is 0 Å². The molecule has 0 unspecified atom stereocenters. The third kappa shape index (κ3) is 3.36. The number of hydrogen-bond acceptors (Lipinski definition) is 5. The zero-order valence-electron chi connectivity index (χ0n) is 11.2. The molecule has 0 atom stereocenters. The summed E-state index contributed by atoms with van der Waals surface area (Å²) in [6, 6.07) is 1.40. The van der Waals surface area contributed by atoms with Crippen LogP contribution in [0.5, 0.6) is 0 Å². The van der Waals surface area contributed by atoms with Crippen molar-refractivity contribution in [2.45, 2.75) is 13.1 Å². The van der Waals surface area contributed by atoms with E-state index in [-0.39, 0.29) is 24.0 Å². The highest BCUT2D eigenvalue weighted by atomic mass is 79.9. The molecule has 0 aromatic carbocycles. The lowest BCUT2D eigenvalue weighted by Gasteiger charge is -2.23. The lowest BCUT2D eigenvalue weighted by molar-refractivity contribution is -0.139. The molecule has 0 bridgehead atoms. The Balaban J connectivity index is 2.50. The number of halogens is 5. The summed E-state index contributed by atoms with van der Waals surface area (Å²) in [7, 11) is 0. The highest BCUT2D eigenvalue weighted by Crippen LogP contribution is 2.38. The molecule has 10 heteroatoms. The summed E-state index contributed by atoms with van der Waals surface area (Å²) in [5, 5.41) is 0.648. The van der Waals surface area contributed by atoms with E-state index in [0.717, 1.165) is 0 Å². The van der Waals surface area contributed by atoms with Crippen LogP contribution < -0.4 is 10.4 Å². The number of aromatic nitrogens is 1. The molecule has 5 nitrogen and oxygen atoms in total. The predicted molar refractivity (Wildman–Crippen MR) is 77.1 cm³/mol. The van der Waals surface area contributed by atoms with Crippen molar-refractivity contribution < 1.29 is 22.7 Å². The Kier molecular flexibility index (Phi) is 4.98. The second-order valence-corrected chi connectivity index (χ2v) is 5.50. The largest absolute Gasteiger partial charge is 0.463 e. The number of carbonyl (C=O) groups is 1. The van der Waals surface area contributed by atoms with Crippen LogP contribution >= 0.6 is 27.5 Å². The molecular formula is C12H10BrClF3N3O2. The van der Waals surface area contributed by atoms with Crippen LogP contribution in [0.25, 0.3) is 0 Å². The third-order valence-corrected chi connectivity index (χ3v) is 3.43. The first-order valence-electron chi connectivity index (χ1n) is 6.07. The first-order chi connectivity index (χ1) is 10.3. The number of esters is 1. The number of anilines is 1. The summed E-state index contributed by atoms with van der Waals surface area (Å²) in [4.78, 5) is 15.6. The summed E-state index contributed by atoms with van der Waals surface area (Å²) >= 11 is 9.05. The third-order valence-electron chi connectivity index (χ3n) is 2.71. The fourth-order valence-electron chi connectivity index (χ4n) is 1.89. The minimum Gasteiger partial charge on any atom is -0.463 e. The number of nitrogens with one attached hydrogen (secondary N) is 1.